The fraction of sp³-hybridized carbons (Fsp3) is 0.769. The average Bonchev–Trinajstić information content (AvgIpc) is 3.42. The van der Waals surface area contributed by atoms with Crippen molar-refractivity contribution in [3.63, 3.8) is 0 Å². The van der Waals surface area contributed by atoms with Gasteiger partial charge >= 0.3 is 5.97 Å². The molecule has 3 saturated carbocycles. The molecule has 4 aliphatic carbocycles. The van der Waals surface area contributed by atoms with Crippen LogP contribution in [0.3, 0.4) is 0 Å². The monoisotopic (exact) mass is 412 g/mol. The maximum absolute atomic E-state index is 12.1. The van der Waals surface area contributed by atoms with Gasteiger partial charge in [0.1, 0.15) is 6.10 Å². The van der Waals surface area contributed by atoms with E-state index in [2.05, 4.69) is 26.8 Å². The summed E-state index contributed by atoms with van der Waals surface area (Å²) in [5, 5.41) is 0. The van der Waals surface area contributed by atoms with Crippen LogP contribution in [-0.2, 0) is 19.1 Å². The Labute approximate surface area is 180 Å². The van der Waals surface area contributed by atoms with Gasteiger partial charge in [0.05, 0.1) is 12.7 Å². The zero-order chi connectivity index (χ0) is 21.3. The second-order valence-electron chi connectivity index (χ2n) is 11.0. The van der Waals surface area contributed by atoms with Crippen LogP contribution in [0.15, 0.2) is 23.8 Å². The molecule has 1 saturated heterocycles. The summed E-state index contributed by atoms with van der Waals surface area (Å²) >= 11 is 0. The molecule has 9 atom stereocenters. The van der Waals surface area contributed by atoms with Gasteiger partial charge in [0.15, 0.2) is 5.78 Å². The standard InChI is InChI=1S/C26H36O4/c1-5-29-21(28)9-6-15(2)17-7-8-18-22-19(11-13-25(17,18)3)26(4)12-10-16(27)14-20(26)23-24(22)30-23/h6,9,14-15,17-19,22-24H,5,7-8,10-13H2,1-4H3/b9-6+/t15-,17-,18+,19+,22+,23-,24+,25-,26-/m1/s1. The van der Waals surface area contributed by atoms with Gasteiger partial charge in [-0.05, 0) is 91.1 Å². The molecule has 4 heteroatoms. The Morgan fingerprint density at radius 1 is 1.27 bits per heavy atom. The number of fused-ring (bicyclic) bond motifs is 8. The average molecular weight is 413 g/mol. The highest BCUT2D eigenvalue weighted by atomic mass is 16.6. The molecule has 1 aliphatic heterocycles. The third-order valence-electron chi connectivity index (χ3n) is 9.76. The van der Waals surface area contributed by atoms with E-state index in [0.29, 0.717) is 59.9 Å². The summed E-state index contributed by atoms with van der Waals surface area (Å²) in [6.45, 7) is 9.47. The molecule has 30 heavy (non-hydrogen) atoms. The third kappa shape index (κ3) is 2.89. The van der Waals surface area contributed by atoms with Crippen LogP contribution >= 0.6 is 0 Å². The minimum Gasteiger partial charge on any atom is -0.463 e. The number of allylic oxidation sites excluding steroid dienone is 1. The minimum absolute atomic E-state index is 0.144. The first-order chi connectivity index (χ1) is 14.3. The van der Waals surface area contributed by atoms with Gasteiger partial charge < -0.3 is 9.47 Å². The van der Waals surface area contributed by atoms with Crippen molar-refractivity contribution in [2.45, 2.75) is 78.4 Å². The first kappa shape index (κ1) is 20.5. The molecule has 4 nitrogen and oxygen atoms in total. The smallest absolute Gasteiger partial charge is 0.330 e. The van der Waals surface area contributed by atoms with E-state index in [1.54, 1.807) is 6.08 Å². The van der Waals surface area contributed by atoms with Crippen LogP contribution in [-0.4, -0.2) is 30.6 Å². The lowest BCUT2D eigenvalue weighted by molar-refractivity contribution is -0.137. The molecule has 0 spiro atoms. The van der Waals surface area contributed by atoms with E-state index in [9.17, 15) is 9.59 Å². The Hall–Kier alpha value is -1.42. The van der Waals surface area contributed by atoms with Crippen LogP contribution < -0.4 is 0 Å². The maximum Gasteiger partial charge on any atom is 0.330 e. The van der Waals surface area contributed by atoms with Crippen molar-refractivity contribution in [2.75, 3.05) is 6.61 Å². The molecule has 0 bridgehead atoms. The number of epoxide rings is 1. The molecular formula is C26H36O4. The van der Waals surface area contributed by atoms with Gasteiger partial charge in [-0.2, -0.15) is 0 Å². The number of hydrogen-bond donors (Lipinski definition) is 0. The highest BCUT2D eigenvalue weighted by Gasteiger charge is 2.69. The topological polar surface area (TPSA) is 55.9 Å². The molecule has 5 aliphatic rings. The van der Waals surface area contributed by atoms with Crippen LogP contribution in [0.25, 0.3) is 0 Å². The normalized spacial score (nSPS) is 47.6. The summed E-state index contributed by atoms with van der Waals surface area (Å²) in [4.78, 5) is 23.9. The predicted octanol–water partition coefficient (Wildman–Crippen LogP) is 4.88. The Bertz CT molecular complexity index is 812. The van der Waals surface area contributed by atoms with Crippen LogP contribution in [0.4, 0.5) is 0 Å². The number of carbonyl (C=O) groups is 2. The van der Waals surface area contributed by atoms with E-state index in [-0.39, 0.29) is 17.5 Å². The molecule has 5 rings (SSSR count). The Balaban J connectivity index is 1.39. The molecule has 0 N–H and O–H groups in total. The van der Waals surface area contributed by atoms with Gasteiger partial charge in [-0.3, -0.25) is 4.79 Å². The molecule has 0 unspecified atom stereocenters. The van der Waals surface area contributed by atoms with E-state index >= 15 is 0 Å². The van der Waals surface area contributed by atoms with Gasteiger partial charge in [-0.25, -0.2) is 4.79 Å². The number of ketones is 1. The first-order valence-electron chi connectivity index (χ1n) is 12.0. The molecule has 164 valence electrons. The molecule has 0 aromatic carbocycles. The van der Waals surface area contributed by atoms with Crippen molar-refractivity contribution in [3.05, 3.63) is 23.8 Å². The lowest BCUT2D eigenvalue weighted by atomic mass is 9.46. The highest BCUT2D eigenvalue weighted by molar-refractivity contribution is 5.92. The van der Waals surface area contributed by atoms with Gasteiger partial charge in [-0.15, -0.1) is 0 Å². The number of hydrogen-bond acceptors (Lipinski definition) is 4. The molecule has 0 radical (unpaired) electrons. The van der Waals surface area contributed by atoms with Gasteiger partial charge in [0.2, 0.25) is 0 Å². The molecule has 4 fully saturated rings. The van der Waals surface area contributed by atoms with E-state index in [1.807, 2.05) is 13.0 Å². The van der Waals surface area contributed by atoms with Crippen molar-refractivity contribution < 1.29 is 19.1 Å². The zero-order valence-corrected chi connectivity index (χ0v) is 18.9. The van der Waals surface area contributed by atoms with E-state index in [0.717, 1.165) is 6.42 Å². The molecular weight excluding hydrogens is 376 g/mol. The molecule has 0 aromatic rings. The van der Waals surface area contributed by atoms with E-state index < -0.39 is 0 Å². The van der Waals surface area contributed by atoms with E-state index in [1.165, 1.54) is 31.3 Å². The first-order valence-corrected chi connectivity index (χ1v) is 12.0. The van der Waals surface area contributed by atoms with Crippen molar-refractivity contribution in [2.24, 2.45) is 40.4 Å². The van der Waals surface area contributed by atoms with E-state index in [4.69, 9.17) is 9.47 Å². The largest absolute Gasteiger partial charge is 0.463 e. The number of rotatable bonds is 4. The minimum atomic E-state index is -0.228. The molecule has 1 heterocycles. The van der Waals surface area contributed by atoms with Crippen LogP contribution in [0.5, 0.6) is 0 Å². The quantitative estimate of drug-likeness (QED) is 0.375. The summed E-state index contributed by atoms with van der Waals surface area (Å²) in [5.74, 6) is 2.99. The second-order valence-corrected chi connectivity index (χ2v) is 11.0. The summed E-state index contributed by atoms with van der Waals surface area (Å²) < 4.78 is 11.4. The summed E-state index contributed by atoms with van der Waals surface area (Å²) in [5.41, 5.74) is 1.76. The van der Waals surface area contributed by atoms with Crippen molar-refractivity contribution in [3.8, 4) is 0 Å². The van der Waals surface area contributed by atoms with Crippen LogP contribution in [0.1, 0.15) is 66.2 Å². The lowest BCUT2D eigenvalue weighted by Gasteiger charge is -2.57. The summed E-state index contributed by atoms with van der Waals surface area (Å²) in [6.07, 6.45) is 12.8. The highest BCUT2D eigenvalue weighted by Crippen LogP contribution is 2.70. The van der Waals surface area contributed by atoms with Gasteiger partial charge in [0, 0.05) is 12.5 Å². The van der Waals surface area contributed by atoms with Crippen LogP contribution in [0.2, 0.25) is 0 Å². The number of esters is 1. The second kappa shape index (κ2) is 7.05. The number of carbonyl (C=O) groups excluding carboxylic acids is 2. The Morgan fingerprint density at radius 2 is 2.07 bits per heavy atom. The zero-order valence-electron chi connectivity index (χ0n) is 18.9. The van der Waals surface area contributed by atoms with Gasteiger partial charge in [0.25, 0.3) is 0 Å². The molecule has 0 aromatic heterocycles. The Kier molecular flexibility index (Phi) is 4.81. The fourth-order valence-electron chi connectivity index (χ4n) is 8.27. The van der Waals surface area contributed by atoms with Crippen molar-refractivity contribution in [1.29, 1.82) is 0 Å². The third-order valence-corrected chi connectivity index (χ3v) is 9.76. The van der Waals surface area contributed by atoms with Gasteiger partial charge in [-0.1, -0.05) is 26.8 Å². The summed E-state index contributed by atoms with van der Waals surface area (Å²) in [6, 6.07) is 0. The summed E-state index contributed by atoms with van der Waals surface area (Å²) in [7, 11) is 0. The lowest BCUT2D eigenvalue weighted by Crippen LogP contribution is -2.53. The SMILES string of the molecule is CCOC(=O)/C=C/[C@@H](C)[C@H]1CC[C@H]2[C@@H]3[C@@H]4O[C@@H]4C4=CC(=O)CC[C@]4(C)[C@H]3CC[C@]12C. The number of ether oxygens (including phenoxy) is 2. The maximum atomic E-state index is 12.1. The predicted molar refractivity (Wildman–Crippen MR) is 115 cm³/mol. The van der Waals surface area contributed by atoms with Crippen molar-refractivity contribution in [1.82, 2.24) is 0 Å². The Morgan fingerprint density at radius 3 is 2.83 bits per heavy atom. The fourth-order valence-corrected chi connectivity index (χ4v) is 8.27. The van der Waals surface area contributed by atoms with Crippen molar-refractivity contribution >= 4 is 11.8 Å². The van der Waals surface area contributed by atoms with Crippen LogP contribution in [0, 0.1) is 40.4 Å². The molecule has 0 amide bonds.